The predicted molar refractivity (Wildman–Crippen MR) is 118 cm³/mol. The number of pyridine rings is 1. The first kappa shape index (κ1) is 20.2. The minimum atomic E-state index is -0.322. The van der Waals surface area contributed by atoms with Gasteiger partial charge in [0, 0.05) is 43.8 Å². The maximum atomic E-state index is 12.5. The summed E-state index contributed by atoms with van der Waals surface area (Å²) in [6, 6.07) is 16.1. The van der Waals surface area contributed by atoms with E-state index in [1.165, 1.54) is 12.8 Å². The van der Waals surface area contributed by atoms with E-state index in [2.05, 4.69) is 21.9 Å². The summed E-state index contributed by atoms with van der Waals surface area (Å²) in [5.41, 5.74) is 4.42. The van der Waals surface area contributed by atoms with Crippen molar-refractivity contribution in [1.82, 2.24) is 9.88 Å². The molecule has 0 radical (unpaired) electrons. The topological polar surface area (TPSA) is 54.9 Å². The van der Waals surface area contributed by atoms with Crippen molar-refractivity contribution in [3.05, 3.63) is 65.4 Å². The fraction of sp³-hybridized carbons (Fsp3) is 0.333. The number of ether oxygens (including phenoxy) is 2. The molecule has 0 bridgehead atoms. The molecule has 0 unspecified atom stereocenters. The van der Waals surface area contributed by atoms with E-state index < -0.39 is 0 Å². The Balaban J connectivity index is 1.52. The van der Waals surface area contributed by atoms with E-state index in [1.807, 2.05) is 43.3 Å². The molecule has 0 N–H and O–H groups in total. The van der Waals surface area contributed by atoms with Crippen LogP contribution in [0.2, 0.25) is 0 Å². The molecule has 1 fully saturated rings. The van der Waals surface area contributed by atoms with Crippen LogP contribution >= 0.6 is 0 Å². The average molecular weight is 405 g/mol. The van der Waals surface area contributed by atoms with E-state index in [0.717, 1.165) is 54.1 Å². The second kappa shape index (κ2) is 8.71. The van der Waals surface area contributed by atoms with Gasteiger partial charge in [-0.25, -0.2) is 4.79 Å². The number of carbonyl (C=O) groups excluding carboxylic acids is 1. The SMILES string of the molecule is COC(=O)c1c(CN2CCN(c3ccc(OC)cc3)CC2)nc2ccccc2c1C. The van der Waals surface area contributed by atoms with Crippen LogP contribution in [0, 0.1) is 6.92 Å². The maximum Gasteiger partial charge on any atom is 0.340 e. The zero-order valence-corrected chi connectivity index (χ0v) is 17.7. The number of esters is 1. The molecule has 1 aliphatic heterocycles. The molecule has 30 heavy (non-hydrogen) atoms. The highest BCUT2D eigenvalue weighted by Crippen LogP contribution is 2.26. The number of para-hydroxylation sites is 1. The molecule has 0 spiro atoms. The van der Waals surface area contributed by atoms with E-state index in [0.29, 0.717) is 12.1 Å². The fourth-order valence-electron chi connectivity index (χ4n) is 4.10. The second-order valence-electron chi connectivity index (χ2n) is 7.53. The van der Waals surface area contributed by atoms with Crippen LogP contribution in [0.15, 0.2) is 48.5 Å². The normalized spacial score (nSPS) is 14.7. The highest BCUT2D eigenvalue weighted by atomic mass is 16.5. The van der Waals surface area contributed by atoms with Crippen molar-refractivity contribution in [3.63, 3.8) is 0 Å². The monoisotopic (exact) mass is 405 g/mol. The van der Waals surface area contributed by atoms with Crippen LogP contribution in [-0.2, 0) is 11.3 Å². The van der Waals surface area contributed by atoms with Crippen molar-refractivity contribution in [1.29, 1.82) is 0 Å². The standard InChI is InChI=1S/C24H27N3O3/c1-17-20-6-4-5-7-21(20)25-22(23(17)24(28)30-3)16-26-12-14-27(15-13-26)18-8-10-19(29-2)11-9-18/h4-11H,12-16H2,1-3H3. The number of methoxy groups -OCH3 is 2. The molecule has 0 amide bonds. The number of aryl methyl sites for hydroxylation is 1. The zero-order chi connectivity index (χ0) is 21.1. The van der Waals surface area contributed by atoms with Gasteiger partial charge in [0.2, 0.25) is 0 Å². The Morgan fingerprint density at radius 2 is 1.70 bits per heavy atom. The van der Waals surface area contributed by atoms with Crippen LogP contribution in [0.3, 0.4) is 0 Å². The molecule has 0 saturated carbocycles. The van der Waals surface area contributed by atoms with Gasteiger partial charge in [0.25, 0.3) is 0 Å². The van der Waals surface area contributed by atoms with Crippen LogP contribution < -0.4 is 9.64 Å². The Kier molecular flexibility index (Phi) is 5.86. The summed E-state index contributed by atoms with van der Waals surface area (Å²) in [5, 5.41) is 0.992. The lowest BCUT2D eigenvalue weighted by molar-refractivity contribution is 0.0596. The van der Waals surface area contributed by atoms with Crippen molar-refractivity contribution in [2.45, 2.75) is 13.5 Å². The quantitative estimate of drug-likeness (QED) is 0.604. The van der Waals surface area contributed by atoms with Gasteiger partial charge in [-0.1, -0.05) is 18.2 Å². The fourth-order valence-corrected chi connectivity index (χ4v) is 4.10. The molecule has 0 aliphatic carbocycles. The lowest BCUT2D eigenvalue weighted by atomic mass is 10.0. The Bertz CT molecular complexity index is 1040. The minimum absolute atomic E-state index is 0.322. The Labute approximate surface area is 177 Å². The predicted octanol–water partition coefficient (Wildman–Crippen LogP) is 3.66. The van der Waals surface area contributed by atoms with Crippen molar-refractivity contribution in [2.75, 3.05) is 45.3 Å². The Hall–Kier alpha value is -3.12. The number of hydrogen-bond acceptors (Lipinski definition) is 6. The third-order valence-corrected chi connectivity index (χ3v) is 5.80. The molecule has 4 rings (SSSR count). The highest BCUT2D eigenvalue weighted by Gasteiger charge is 2.23. The number of nitrogens with zero attached hydrogens (tertiary/aromatic N) is 3. The van der Waals surface area contributed by atoms with Gasteiger partial charge in [0.1, 0.15) is 5.75 Å². The number of aromatic nitrogens is 1. The molecule has 1 aromatic heterocycles. The maximum absolute atomic E-state index is 12.5. The van der Waals surface area contributed by atoms with Crippen molar-refractivity contribution in [3.8, 4) is 5.75 Å². The van der Waals surface area contributed by atoms with E-state index in [9.17, 15) is 4.79 Å². The summed E-state index contributed by atoms with van der Waals surface area (Å²) in [5.74, 6) is 0.545. The summed E-state index contributed by atoms with van der Waals surface area (Å²) in [4.78, 5) is 22.1. The third kappa shape index (κ3) is 3.96. The third-order valence-electron chi connectivity index (χ3n) is 5.80. The molecule has 6 heteroatoms. The van der Waals surface area contributed by atoms with Gasteiger partial charge in [-0.3, -0.25) is 9.88 Å². The highest BCUT2D eigenvalue weighted by molar-refractivity contribution is 5.98. The number of hydrogen-bond donors (Lipinski definition) is 0. The van der Waals surface area contributed by atoms with Gasteiger partial charge in [-0.15, -0.1) is 0 Å². The number of anilines is 1. The Morgan fingerprint density at radius 1 is 1.00 bits per heavy atom. The smallest absolute Gasteiger partial charge is 0.340 e. The van der Waals surface area contributed by atoms with Gasteiger partial charge in [0.05, 0.1) is 31.0 Å². The second-order valence-corrected chi connectivity index (χ2v) is 7.53. The Morgan fingerprint density at radius 3 is 2.37 bits per heavy atom. The number of rotatable bonds is 5. The summed E-state index contributed by atoms with van der Waals surface area (Å²) < 4.78 is 10.3. The summed E-state index contributed by atoms with van der Waals surface area (Å²) in [6.45, 7) is 6.26. The van der Waals surface area contributed by atoms with Gasteiger partial charge in [0.15, 0.2) is 0 Å². The van der Waals surface area contributed by atoms with Crippen molar-refractivity contribution >= 4 is 22.6 Å². The molecule has 1 aliphatic rings. The molecule has 3 aromatic rings. The molecule has 0 atom stereocenters. The average Bonchev–Trinajstić information content (AvgIpc) is 2.79. The van der Waals surface area contributed by atoms with E-state index in [4.69, 9.17) is 14.5 Å². The lowest BCUT2D eigenvalue weighted by Gasteiger charge is -2.36. The van der Waals surface area contributed by atoms with Crippen molar-refractivity contribution in [2.24, 2.45) is 0 Å². The molecular formula is C24H27N3O3. The summed E-state index contributed by atoms with van der Waals surface area (Å²) in [7, 11) is 3.10. The van der Waals surface area contributed by atoms with Crippen LogP contribution in [0.5, 0.6) is 5.75 Å². The van der Waals surface area contributed by atoms with Gasteiger partial charge in [-0.2, -0.15) is 0 Å². The first-order valence-corrected chi connectivity index (χ1v) is 10.2. The van der Waals surface area contributed by atoms with Crippen molar-refractivity contribution < 1.29 is 14.3 Å². The number of carbonyl (C=O) groups is 1. The van der Waals surface area contributed by atoms with E-state index >= 15 is 0 Å². The number of benzene rings is 2. The molecule has 156 valence electrons. The zero-order valence-electron chi connectivity index (χ0n) is 17.7. The van der Waals surface area contributed by atoms with E-state index in [1.54, 1.807) is 7.11 Å². The molecule has 6 nitrogen and oxygen atoms in total. The van der Waals surface area contributed by atoms with Gasteiger partial charge >= 0.3 is 5.97 Å². The number of fused-ring (bicyclic) bond motifs is 1. The summed E-state index contributed by atoms with van der Waals surface area (Å²) in [6.07, 6.45) is 0. The molecule has 2 aromatic carbocycles. The van der Waals surface area contributed by atoms with Crippen LogP contribution in [0.1, 0.15) is 21.6 Å². The molecular weight excluding hydrogens is 378 g/mol. The minimum Gasteiger partial charge on any atom is -0.497 e. The van der Waals surface area contributed by atoms with Crippen LogP contribution in [-0.4, -0.2) is 56.3 Å². The number of piperazine rings is 1. The van der Waals surface area contributed by atoms with Gasteiger partial charge in [-0.05, 0) is 42.8 Å². The first-order chi connectivity index (χ1) is 14.6. The molecule has 1 saturated heterocycles. The van der Waals surface area contributed by atoms with Gasteiger partial charge < -0.3 is 14.4 Å². The first-order valence-electron chi connectivity index (χ1n) is 10.2. The van der Waals surface area contributed by atoms with E-state index in [-0.39, 0.29) is 5.97 Å². The van der Waals surface area contributed by atoms with Crippen LogP contribution in [0.25, 0.3) is 10.9 Å². The summed E-state index contributed by atoms with van der Waals surface area (Å²) >= 11 is 0. The molecule has 2 heterocycles. The lowest BCUT2D eigenvalue weighted by Crippen LogP contribution is -2.46. The largest absolute Gasteiger partial charge is 0.497 e. The van der Waals surface area contributed by atoms with Crippen LogP contribution in [0.4, 0.5) is 5.69 Å².